The first-order valence-corrected chi connectivity index (χ1v) is 12.8. The van der Waals surface area contributed by atoms with Crippen molar-refractivity contribution in [1.82, 2.24) is 14.5 Å². The van der Waals surface area contributed by atoms with Gasteiger partial charge in [-0.05, 0) is 66.3 Å². The summed E-state index contributed by atoms with van der Waals surface area (Å²) in [6.45, 7) is 3.93. The monoisotopic (exact) mass is 510 g/mol. The molecule has 1 fully saturated rings. The zero-order valence-electron chi connectivity index (χ0n) is 21.4. The Morgan fingerprint density at radius 1 is 0.895 bits per heavy atom. The van der Waals surface area contributed by atoms with Crippen LogP contribution >= 0.6 is 0 Å². The number of hydrogen-bond donors (Lipinski definition) is 2. The largest absolute Gasteiger partial charge is 0.353 e. The smallest absolute Gasteiger partial charge is 0.336 e. The number of carbonyl (C=O) groups excluding carboxylic acids is 2. The van der Waals surface area contributed by atoms with Crippen molar-refractivity contribution in [2.24, 2.45) is 0 Å². The molecular formula is C30H30N4O4. The van der Waals surface area contributed by atoms with Crippen LogP contribution in [0.3, 0.4) is 0 Å². The van der Waals surface area contributed by atoms with Gasteiger partial charge in [-0.25, -0.2) is 9.36 Å². The number of nitrogens with zero attached hydrogens (tertiary/aromatic N) is 2. The van der Waals surface area contributed by atoms with Gasteiger partial charge < -0.3 is 10.6 Å². The second kappa shape index (κ2) is 10.5. The zero-order valence-corrected chi connectivity index (χ0v) is 21.4. The van der Waals surface area contributed by atoms with E-state index in [1.165, 1.54) is 4.57 Å². The SMILES string of the molecule is CC(C)c1ccc(NC(=O)Cn2c(=O)n(-c3ccc(CC(=O)NC4CC4)cc3)c(=O)c3ccccc32)cc1. The van der Waals surface area contributed by atoms with Crippen molar-refractivity contribution >= 4 is 28.4 Å². The number of para-hydroxylation sites is 1. The molecule has 3 aromatic carbocycles. The van der Waals surface area contributed by atoms with Crippen LogP contribution in [0.15, 0.2) is 82.4 Å². The van der Waals surface area contributed by atoms with E-state index >= 15 is 0 Å². The van der Waals surface area contributed by atoms with Gasteiger partial charge in [-0.1, -0.05) is 50.2 Å². The van der Waals surface area contributed by atoms with Gasteiger partial charge in [0.05, 0.1) is 23.0 Å². The van der Waals surface area contributed by atoms with Gasteiger partial charge in [-0.2, -0.15) is 0 Å². The summed E-state index contributed by atoms with van der Waals surface area (Å²) in [4.78, 5) is 52.0. The molecule has 0 saturated heterocycles. The van der Waals surface area contributed by atoms with Crippen LogP contribution < -0.4 is 21.9 Å². The number of amides is 2. The topological polar surface area (TPSA) is 102 Å². The van der Waals surface area contributed by atoms with Crippen LogP contribution in [0, 0.1) is 0 Å². The Labute approximate surface area is 219 Å². The normalized spacial score (nSPS) is 13.0. The molecule has 2 amide bonds. The molecule has 8 nitrogen and oxygen atoms in total. The van der Waals surface area contributed by atoms with Gasteiger partial charge >= 0.3 is 5.69 Å². The lowest BCUT2D eigenvalue weighted by Crippen LogP contribution is -2.40. The number of carbonyl (C=O) groups is 2. The first kappa shape index (κ1) is 25.2. The third kappa shape index (κ3) is 5.44. The molecule has 1 aliphatic rings. The lowest BCUT2D eigenvalue weighted by Gasteiger charge is -2.15. The van der Waals surface area contributed by atoms with Gasteiger partial charge in [0.15, 0.2) is 0 Å². The summed E-state index contributed by atoms with van der Waals surface area (Å²) in [5, 5.41) is 6.12. The summed E-state index contributed by atoms with van der Waals surface area (Å²) in [5.74, 6) is -0.0492. The first-order valence-electron chi connectivity index (χ1n) is 12.8. The minimum atomic E-state index is -0.613. The molecular weight excluding hydrogens is 480 g/mol. The predicted octanol–water partition coefficient (Wildman–Crippen LogP) is 3.74. The maximum absolute atomic E-state index is 13.6. The molecule has 0 radical (unpaired) electrons. The molecule has 8 heteroatoms. The number of hydrogen-bond acceptors (Lipinski definition) is 4. The maximum atomic E-state index is 13.6. The molecule has 0 atom stereocenters. The molecule has 0 spiro atoms. The van der Waals surface area contributed by atoms with E-state index in [-0.39, 0.29) is 30.8 Å². The Kier molecular flexibility index (Phi) is 6.96. The molecule has 5 rings (SSSR count). The highest BCUT2D eigenvalue weighted by molar-refractivity contribution is 5.91. The van der Waals surface area contributed by atoms with Crippen molar-refractivity contribution in [3.05, 3.63) is 105 Å². The fraction of sp³-hybridized carbons (Fsp3) is 0.267. The van der Waals surface area contributed by atoms with E-state index in [1.54, 1.807) is 48.5 Å². The molecule has 1 aromatic heterocycles. The van der Waals surface area contributed by atoms with Gasteiger partial charge in [0, 0.05) is 11.7 Å². The number of aromatic nitrogens is 2. The third-order valence-electron chi connectivity index (χ3n) is 6.72. The van der Waals surface area contributed by atoms with Crippen molar-refractivity contribution in [1.29, 1.82) is 0 Å². The number of benzene rings is 3. The molecule has 194 valence electrons. The van der Waals surface area contributed by atoms with Crippen LogP contribution in [0.25, 0.3) is 16.6 Å². The minimum Gasteiger partial charge on any atom is -0.353 e. The molecule has 2 N–H and O–H groups in total. The second-order valence-electron chi connectivity index (χ2n) is 10.0. The number of nitrogens with one attached hydrogen (secondary N) is 2. The van der Waals surface area contributed by atoms with E-state index in [2.05, 4.69) is 24.5 Å². The highest BCUT2D eigenvalue weighted by Crippen LogP contribution is 2.19. The van der Waals surface area contributed by atoms with Gasteiger partial charge in [0.2, 0.25) is 11.8 Å². The van der Waals surface area contributed by atoms with Crippen molar-refractivity contribution in [3.63, 3.8) is 0 Å². The van der Waals surface area contributed by atoms with E-state index in [0.29, 0.717) is 28.2 Å². The van der Waals surface area contributed by atoms with Crippen LogP contribution in [-0.2, 0) is 22.6 Å². The molecule has 0 bridgehead atoms. The van der Waals surface area contributed by atoms with Crippen molar-refractivity contribution in [2.45, 2.75) is 51.6 Å². The average molecular weight is 511 g/mol. The average Bonchev–Trinajstić information content (AvgIpc) is 3.72. The summed E-state index contributed by atoms with van der Waals surface area (Å²) in [7, 11) is 0. The van der Waals surface area contributed by atoms with Crippen LogP contribution in [0.5, 0.6) is 0 Å². The fourth-order valence-corrected chi connectivity index (χ4v) is 4.45. The van der Waals surface area contributed by atoms with Crippen LogP contribution in [0.2, 0.25) is 0 Å². The second-order valence-corrected chi connectivity index (χ2v) is 10.0. The molecule has 1 aliphatic carbocycles. The number of anilines is 1. The zero-order chi connectivity index (χ0) is 26.8. The van der Waals surface area contributed by atoms with Crippen LogP contribution in [-0.4, -0.2) is 27.0 Å². The first-order chi connectivity index (χ1) is 18.3. The van der Waals surface area contributed by atoms with Crippen molar-refractivity contribution in [3.8, 4) is 5.69 Å². The summed E-state index contributed by atoms with van der Waals surface area (Å²) in [6.07, 6.45) is 2.26. The molecule has 0 unspecified atom stereocenters. The Morgan fingerprint density at radius 3 is 2.24 bits per heavy atom. The summed E-state index contributed by atoms with van der Waals surface area (Å²) in [5.41, 5.74) is 2.25. The van der Waals surface area contributed by atoms with Crippen molar-refractivity contribution in [2.75, 3.05) is 5.32 Å². The van der Waals surface area contributed by atoms with Crippen LogP contribution in [0.4, 0.5) is 5.69 Å². The van der Waals surface area contributed by atoms with Crippen molar-refractivity contribution < 1.29 is 9.59 Å². The number of fused-ring (bicyclic) bond motifs is 1. The lowest BCUT2D eigenvalue weighted by molar-refractivity contribution is -0.120. The Balaban J connectivity index is 1.44. The van der Waals surface area contributed by atoms with E-state index < -0.39 is 11.2 Å². The standard InChI is InChI=1S/C30H30N4O4/c1-19(2)21-9-11-22(12-10-21)32-28(36)18-33-26-6-4-3-5-25(26)29(37)34(30(33)38)24-15-7-20(8-16-24)17-27(35)31-23-13-14-23/h3-12,15-16,19,23H,13-14,17-18H2,1-2H3,(H,31,35)(H,32,36). The van der Waals surface area contributed by atoms with E-state index in [9.17, 15) is 19.2 Å². The summed E-state index contributed by atoms with van der Waals surface area (Å²) < 4.78 is 2.38. The molecule has 1 saturated carbocycles. The Bertz CT molecular complexity index is 1610. The number of rotatable bonds is 8. The van der Waals surface area contributed by atoms with Gasteiger partial charge in [0.1, 0.15) is 6.54 Å². The molecule has 4 aromatic rings. The highest BCUT2D eigenvalue weighted by atomic mass is 16.2. The van der Waals surface area contributed by atoms with Gasteiger partial charge in [-0.15, -0.1) is 0 Å². The predicted molar refractivity (Wildman–Crippen MR) is 148 cm³/mol. The third-order valence-corrected chi connectivity index (χ3v) is 6.72. The fourth-order valence-electron chi connectivity index (χ4n) is 4.45. The highest BCUT2D eigenvalue weighted by Gasteiger charge is 2.23. The summed E-state index contributed by atoms with van der Waals surface area (Å²) in [6, 6.07) is 21.4. The van der Waals surface area contributed by atoms with E-state index in [4.69, 9.17) is 0 Å². The molecule has 0 aliphatic heterocycles. The van der Waals surface area contributed by atoms with Crippen LogP contribution in [0.1, 0.15) is 43.7 Å². The molecule has 38 heavy (non-hydrogen) atoms. The van der Waals surface area contributed by atoms with Gasteiger partial charge in [0.25, 0.3) is 5.56 Å². The minimum absolute atomic E-state index is 0.0460. The van der Waals surface area contributed by atoms with E-state index in [0.717, 1.165) is 28.5 Å². The Morgan fingerprint density at radius 2 is 1.58 bits per heavy atom. The quantitative estimate of drug-likeness (QED) is 0.377. The summed E-state index contributed by atoms with van der Waals surface area (Å²) >= 11 is 0. The lowest BCUT2D eigenvalue weighted by atomic mass is 10.0. The Hall–Kier alpha value is -4.46. The maximum Gasteiger partial charge on any atom is 0.336 e. The van der Waals surface area contributed by atoms with Gasteiger partial charge in [-0.3, -0.25) is 19.0 Å². The van der Waals surface area contributed by atoms with E-state index in [1.807, 2.05) is 24.3 Å². The molecule has 1 heterocycles.